The first-order valence-corrected chi connectivity index (χ1v) is 15.8. The van der Waals surface area contributed by atoms with Crippen molar-refractivity contribution in [3.8, 4) is 11.1 Å². The van der Waals surface area contributed by atoms with Crippen molar-refractivity contribution in [1.29, 1.82) is 0 Å². The van der Waals surface area contributed by atoms with E-state index in [2.05, 4.69) is 158 Å². The molecule has 204 valence electrons. The van der Waals surface area contributed by atoms with E-state index in [1.54, 1.807) is 0 Å². The zero-order chi connectivity index (χ0) is 28.7. The number of fused-ring (bicyclic) bond motifs is 9. The highest BCUT2D eigenvalue weighted by molar-refractivity contribution is 7.27. The fraction of sp³-hybridized carbons (Fsp3) is 0.0732. The predicted molar refractivity (Wildman–Crippen MR) is 187 cm³/mol. The van der Waals surface area contributed by atoms with Crippen molar-refractivity contribution in [1.82, 2.24) is 0 Å². The molecule has 0 spiro atoms. The van der Waals surface area contributed by atoms with E-state index < -0.39 is 0 Å². The molecule has 7 aromatic carbocycles. The first kappa shape index (κ1) is 24.7. The highest BCUT2D eigenvalue weighted by Crippen LogP contribution is 2.52. The number of nitrogens with zero attached hydrogens (tertiary/aromatic N) is 1. The molecule has 0 aliphatic heterocycles. The maximum Gasteiger partial charge on any atom is 0.0640 e. The second-order valence-electron chi connectivity index (χ2n) is 12.2. The number of hydrogen-bond donors (Lipinski definition) is 0. The van der Waals surface area contributed by atoms with Gasteiger partial charge in [-0.25, -0.2) is 0 Å². The van der Waals surface area contributed by atoms with E-state index in [9.17, 15) is 0 Å². The molecule has 1 aliphatic carbocycles. The lowest BCUT2D eigenvalue weighted by Crippen LogP contribution is -2.15. The van der Waals surface area contributed by atoms with E-state index in [0.717, 1.165) is 0 Å². The maximum atomic E-state index is 2.50. The van der Waals surface area contributed by atoms with Crippen LogP contribution in [0.25, 0.3) is 52.8 Å². The molecule has 0 bridgehead atoms. The lowest BCUT2D eigenvalue weighted by Gasteiger charge is -2.28. The number of hydrogen-bond acceptors (Lipinski definition) is 2. The van der Waals surface area contributed by atoms with Crippen LogP contribution in [0.1, 0.15) is 25.0 Å². The van der Waals surface area contributed by atoms with E-state index in [4.69, 9.17) is 0 Å². The van der Waals surface area contributed by atoms with Crippen molar-refractivity contribution < 1.29 is 0 Å². The van der Waals surface area contributed by atoms with Crippen LogP contribution in [0.2, 0.25) is 0 Å². The Morgan fingerprint density at radius 1 is 0.465 bits per heavy atom. The lowest BCUT2D eigenvalue weighted by molar-refractivity contribution is 0.660. The van der Waals surface area contributed by atoms with Gasteiger partial charge in [-0.05, 0) is 62.7 Å². The van der Waals surface area contributed by atoms with Crippen LogP contribution in [0.3, 0.4) is 0 Å². The third-order valence-electron chi connectivity index (χ3n) is 9.44. The maximum absolute atomic E-state index is 2.50. The van der Waals surface area contributed by atoms with Gasteiger partial charge in [0.2, 0.25) is 0 Å². The summed E-state index contributed by atoms with van der Waals surface area (Å²) in [6, 6.07) is 51.6. The second-order valence-corrected chi connectivity index (χ2v) is 13.2. The normalized spacial score (nSPS) is 13.5. The van der Waals surface area contributed by atoms with Gasteiger partial charge >= 0.3 is 0 Å². The summed E-state index contributed by atoms with van der Waals surface area (Å²) in [4.78, 5) is 2.50. The molecule has 1 aliphatic rings. The first-order valence-electron chi connectivity index (χ1n) is 14.9. The highest BCUT2D eigenvalue weighted by atomic mass is 32.1. The van der Waals surface area contributed by atoms with Crippen LogP contribution in [0.5, 0.6) is 0 Å². The molecular formula is C41H29NS. The largest absolute Gasteiger partial charge is 0.308 e. The molecule has 0 atom stereocenters. The molecule has 0 radical (unpaired) electrons. The Kier molecular flexibility index (Phi) is 5.18. The van der Waals surface area contributed by atoms with Gasteiger partial charge < -0.3 is 4.90 Å². The minimum atomic E-state index is -0.0265. The van der Waals surface area contributed by atoms with Crippen molar-refractivity contribution >= 4 is 70.1 Å². The molecule has 0 unspecified atom stereocenters. The number of anilines is 3. The van der Waals surface area contributed by atoms with Gasteiger partial charge in [0.05, 0.1) is 16.1 Å². The van der Waals surface area contributed by atoms with Crippen LogP contribution in [0.4, 0.5) is 17.1 Å². The van der Waals surface area contributed by atoms with Crippen LogP contribution < -0.4 is 4.90 Å². The van der Waals surface area contributed by atoms with Gasteiger partial charge in [0.15, 0.2) is 0 Å². The van der Waals surface area contributed by atoms with E-state index in [1.165, 1.54) is 81.0 Å². The first-order chi connectivity index (χ1) is 21.1. The van der Waals surface area contributed by atoms with Gasteiger partial charge in [-0.15, -0.1) is 11.3 Å². The summed E-state index contributed by atoms with van der Waals surface area (Å²) < 4.78 is 2.66. The molecule has 0 fully saturated rings. The molecular weight excluding hydrogens is 539 g/mol. The molecule has 0 saturated carbocycles. The Bertz CT molecular complexity index is 2390. The van der Waals surface area contributed by atoms with Gasteiger partial charge in [-0.1, -0.05) is 129 Å². The molecule has 0 saturated heterocycles. The average molecular weight is 568 g/mol. The van der Waals surface area contributed by atoms with Crippen molar-refractivity contribution in [2.45, 2.75) is 19.3 Å². The van der Waals surface area contributed by atoms with Gasteiger partial charge in [0.25, 0.3) is 0 Å². The van der Waals surface area contributed by atoms with Crippen LogP contribution in [0.15, 0.2) is 140 Å². The van der Waals surface area contributed by atoms with E-state index >= 15 is 0 Å². The lowest BCUT2D eigenvalue weighted by atomic mass is 9.82. The number of benzene rings is 7. The fourth-order valence-corrected chi connectivity index (χ4v) is 8.69. The van der Waals surface area contributed by atoms with Crippen molar-refractivity contribution in [3.63, 3.8) is 0 Å². The molecule has 0 N–H and O–H groups in total. The molecule has 0 amide bonds. The van der Waals surface area contributed by atoms with Crippen LogP contribution in [0, 0.1) is 0 Å². The van der Waals surface area contributed by atoms with Crippen molar-refractivity contribution in [2.75, 3.05) is 4.90 Å². The predicted octanol–water partition coefficient (Wildman–Crippen LogP) is 12.1. The van der Waals surface area contributed by atoms with Crippen LogP contribution in [-0.4, -0.2) is 0 Å². The van der Waals surface area contributed by atoms with Crippen LogP contribution in [-0.2, 0) is 5.41 Å². The molecule has 43 heavy (non-hydrogen) atoms. The molecule has 9 rings (SSSR count). The summed E-state index contributed by atoms with van der Waals surface area (Å²) in [6.07, 6.45) is 0. The summed E-state index contributed by atoms with van der Waals surface area (Å²) in [7, 11) is 0. The minimum absolute atomic E-state index is 0.0265. The number of rotatable bonds is 3. The van der Waals surface area contributed by atoms with E-state index in [0.29, 0.717) is 0 Å². The van der Waals surface area contributed by atoms with Crippen molar-refractivity contribution in [3.05, 3.63) is 151 Å². The zero-order valence-corrected chi connectivity index (χ0v) is 25.0. The smallest absolute Gasteiger partial charge is 0.0640 e. The quantitative estimate of drug-likeness (QED) is 0.205. The van der Waals surface area contributed by atoms with Crippen LogP contribution >= 0.6 is 11.3 Å². The van der Waals surface area contributed by atoms with Gasteiger partial charge in [0, 0.05) is 32.0 Å². The number of thiophene rings is 1. The Balaban J connectivity index is 1.36. The van der Waals surface area contributed by atoms with Crippen molar-refractivity contribution in [2.24, 2.45) is 0 Å². The monoisotopic (exact) mass is 567 g/mol. The standard InChI is InChI=1S/C41H29NS/c1-41(2)35-18-8-7-16-31(35)34-25-28(22-24-36(34)41)42(37-19-9-13-26-11-3-5-14-29(26)37)38-20-10-17-32-33-23-21-27-12-4-6-15-30(27)39(33)43-40(32)38/h3-25H,1-2H3. The Morgan fingerprint density at radius 2 is 1.09 bits per heavy atom. The van der Waals surface area contributed by atoms with Gasteiger partial charge in [-0.2, -0.15) is 0 Å². The summed E-state index contributed by atoms with van der Waals surface area (Å²) in [5.74, 6) is 0. The summed E-state index contributed by atoms with van der Waals surface area (Å²) in [6.45, 7) is 4.70. The summed E-state index contributed by atoms with van der Waals surface area (Å²) >= 11 is 1.91. The molecule has 1 aromatic heterocycles. The molecule has 2 heteroatoms. The fourth-order valence-electron chi connectivity index (χ4n) is 7.35. The topological polar surface area (TPSA) is 3.24 Å². The summed E-state index contributed by atoms with van der Waals surface area (Å²) in [5, 5.41) is 7.72. The Hall–Kier alpha value is -4.92. The van der Waals surface area contributed by atoms with E-state index in [1.807, 2.05) is 11.3 Å². The third-order valence-corrected chi connectivity index (χ3v) is 10.7. The SMILES string of the molecule is CC1(C)c2ccccc2-c2cc(N(c3cccc4ccccc34)c3cccc4c3sc3c5ccccc5ccc43)ccc21. The molecule has 1 heterocycles. The summed E-state index contributed by atoms with van der Waals surface area (Å²) in [5.41, 5.74) is 9.02. The Labute approximate surface area is 255 Å². The molecule has 8 aromatic rings. The van der Waals surface area contributed by atoms with E-state index in [-0.39, 0.29) is 5.41 Å². The zero-order valence-electron chi connectivity index (χ0n) is 24.1. The highest BCUT2D eigenvalue weighted by Gasteiger charge is 2.35. The Morgan fingerprint density at radius 3 is 1.98 bits per heavy atom. The second kappa shape index (κ2) is 9.04. The molecule has 1 nitrogen and oxygen atoms in total. The van der Waals surface area contributed by atoms with Gasteiger partial charge in [-0.3, -0.25) is 0 Å². The third kappa shape index (κ3) is 3.51. The van der Waals surface area contributed by atoms with Gasteiger partial charge in [0.1, 0.15) is 0 Å². The average Bonchev–Trinajstić information content (AvgIpc) is 3.55. The minimum Gasteiger partial charge on any atom is -0.308 e.